The smallest absolute Gasteiger partial charge is 0.194 e. The number of hydrogen-bond donors (Lipinski definition) is 2. The average Bonchev–Trinajstić information content (AvgIpc) is 3.03. The first-order chi connectivity index (χ1) is 9.24. The van der Waals surface area contributed by atoms with Gasteiger partial charge in [-0.15, -0.1) is 11.3 Å². The van der Waals surface area contributed by atoms with E-state index in [-0.39, 0.29) is 0 Å². The number of aryl methyl sites for hydroxylation is 2. The Balaban J connectivity index is 1.63. The zero-order chi connectivity index (χ0) is 13.2. The SMILES string of the molecule is Cc1cn2c(CNCCc3cnc[nH]3)c(C)nc2s1. The van der Waals surface area contributed by atoms with Crippen LogP contribution in [0, 0.1) is 13.8 Å². The third-order valence-electron chi connectivity index (χ3n) is 3.16. The van der Waals surface area contributed by atoms with Gasteiger partial charge in [0.2, 0.25) is 0 Å². The third-order valence-corrected chi connectivity index (χ3v) is 4.06. The first-order valence-corrected chi connectivity index (χ1v) is 7.17. The van der Waals surface area contributed by atoms with Gasteiger partial charge in [-0.25, -0.2) is 9.97 Å². The summed E-state index contributed by atoms with van der Waals surface area (Å²) in [4.78, 5) is 14.1. The average molecular weight is 275 g/mol. The second-order valence-corrected chi connectivity index (χ2v) is 5.86. The minimum atomic E-state index is 0.845. The van der Waals surface area contributed by atoms with E-state index in [0.29, 0.717) is 0 Å². The van der Waals surface area contributed by atoms with Gasteiger partial charge in [0.15, 0.2) is 4.96 Å². The van der Waals surface area contributed by atoms with Crippen LogP contribution in [-0.2, 0) is 13.0 Å². The monoisotopic (exact) mass is 275 g/mol. The Bertz CT molecular complexity index is 665. The highest BCUT2D eigenvalue weighted by Gasteiger charge is 2.10. The Kier molecular flexibility index (Phi) is 3.35. The van der Waals surface area contributed by atoms with Crippen LogP contribution in [0.3, 0.4) is 0 Å². The molecule has 0 bridgehead atoms. The summed E-state index contributed by atoms with van der Waals surface area (Å²) in [5, 5.41) is 3.46. The van der Waals surface area contributed by atoms with E-state index in [9.17, 15) is 0 Å². The van der Waals surface area contributed by atoms with Gasteiger partial charge in [-0.1, -0.05) is 0 Å². The quantitative estimate of drug-likeness (QED) is 0.701. The van der Waals surface area contributed by atoms with Gasteiger partial charge in [-0.2, -0.15) is 0 Å². The van der Waals surface area contributed by atoms with Gasteiger partial charge in [-0.3, -0.25) is 4.40 Å². The molecule has 0 saturated carbocycles. The fraction of sp³-hybridized carbons (Fsp3) is 0.385. The molecule has 0 amide bonds. The zero-order valence-electron chi connectivity index (χ0n) is 11.1. The van der Waals surface area contributed by atoms with E-state index in [1.54, 1.807) is 17.7 Å². The third kappa shape index (κ3) is 2.54. The lowest BCUT2D eigenvalue weighted by molar-refractivity contribution is 0.664. The highest BCUT2D eigenvalue weighted by Crippen LogP contribution is 2.20. The lowest BCUT2D eigenvalue weighted by Gasteiger charge is -2.04. The molecule has 0 aromatic carbocycles. The summed E-state index contributed by atoms with van der Waals surface area (Å²) >= 11 is 1.74. The van der Waals surface area contributed by atoms with Crippen molar-refractivity contribution in [1.29, 1.82) is 0 Å². The predicted molar refractivity (Wildman–Crippen MR) is 76.5 cm³/mol. The van der Waals surface area contributed by atoms with Crippen molar-refractivity contribution in [1.82, 2.24) is 24.7 Å². The number of aromatic nitrogens is 4. The molecule has 0 radical (unpaired) electrons. The van der Waals surface area contributed by atoms with Crippen LogP contribution in [-0.4, -0.2) is 25.9 Å². The molecule has 2 N–H and O–H groups in total. The Morgan fingerprint density at radius 2 is 2.32 bits per heavy atom. The summed E-state index contributed by atoms with van der Waals surface area (Å²) < 4.78 is 2.19. The predicted octanol–water partition coefficient (Wildman–Crippen LogP) is 2.07. The molecule has 19 heavy (non-hydrogen) atoms. The van der Waals surface area contributed by atoms with Crippen molar-refractivity contribution < 1.29 is 0 Å². The summed E-state index contributed by atoms with van der Waals surface area (Å²) in [7, 11) is 0. The van der Waals surface area contributed by atoms with Crippen LogP contribution >= 0.6 is 11.3 Å². The summed E-state index contributed by atoms with van der Waals surface area (Å²) in [5.41, 5.74) is 3.53. The van der Waals surface area contributed by atoms with Gasteiger partial charge in [-0.05, 0) is 13.8 Å². The molecule has 0 atom stereocenters. The maximum atomic E-state index is 4.59. The standard InChI is InChI=1S/C13H17N5S/c1-9-7-18-12(10(2)17-13(18)19-9)6-14-4-3-11-5-15-8-16-11/h5,7-8,14H,3-4,6H2,1-2H3,(H,15,16). The zero-order valence-corrected chi connectivity index (χ0v) is 11.9. The Labute approximate surface area is 115 Å². The number of nitrogens with zero attached hydrogens (tertiary/aromatic N) is 3. The van der Waals surface area contributed by atoms with Crippen LogP contribution in [0.25, 0.3) is 4.96 Å². The van der Waals surface area contributed by atoms with Crippen LogP contribution in [0.15, 0.2) is 18.7 Å². The van der Waals surface area contributed by atoms with Gasteiger partial charge in [0, 0.05) is 42.5 Å². The van der Waals surface area contributed by atoms with Crippen LogP contribution in [0.1, 0.15) is 22.0 Å². The summed E-state index contributed by atoms with van der Waals surface area (Å²) in [5.74, 6) is 0. The summed E-state index contributed by atoms with van der Waals surface area (Å²) in [6.45, 7) is 5.96. The minimum absolute atomic E-state index is 0.845. The molecule has 3 rings (SSSR count). The molecule has 0 saturated heterocycles. The summed E-state index contributed by atoms with van der Waals surface area (Å²) in [6.07, 6.45) is 6.70. The largest absolute Gasteiger partial charge is 0.348 e. The second kappa shape index (κ2) is 5.14. The van der Waals surface area contributed by atoms with Crippen LogP contribution in [0.2, 0.25) is 0 Å². The molecule has 100 valence electrons. The van der Waals surface area contributed by atoms with Gasteiger partial charge < -0.3 is 10.3 Å². The van der Waals surface area contributed by atoms with Crippen LogP contribution < -0.4 is 5.32 Å². The Morgan fingerprint density at radius 3 is 3.11 bits per heavy atom. The molecule has 0 aliphatic carbocycles. The molecule has 0 aliphatic heterocycles. The van der Waals surface area contributed by atoms with E-state index in [2.05, 4.69) is 44.7 Å². The van der Waals surface area contributed by atoms with E-state index in [4.69, 9.17) is 0 Å². The molecule has 0 unspecified atom stereocenters. The van der Waals surface area contributed by atoms with Gasteiger partial charge in [0.05, 0.1) is 17.7 Å². The Hall–Kier alpha value is -1.66. The van der Waals surface area contributed by atoms with E-state index in [0.717, 1.165) is 35.9 Å². The van der Waals surface area contributed by atoms with Gasteiger partial charge in [0.1, 0.15) is 0 Å². The lowest BCUT2D eigenvalue weighted by Crippen LogP contribution is -2.18. The number of rotatable bonds is 5. The summed E-state index contributed by atoms with van der Waals surface area (Å²) in [6, 6.07) is 0. The van der Waals surface area contributed by atoms with Crippen molar-refractivity contribution in [3.63, 3.8) is 0 Å². The number of hydrogen-bond acceptors (Lipinski definition) is 4. The first kappa shape index (κ1) is 12.4. The van der Waals surface area contributed by atoms with Crippen molar-refractivity contribution in [3.8, 4) is 0 Å². The molecule has 0 aliphatic rings. The van der Waals surface area contributed by atoms with Gasteiger partial charge in [0.25, 0.3) is 0 Å². The Morgan fingerprint density at radius 1 is 1.42 bits per heavy atom. The molecule has 0 fully saturated rings. The van der Waals surface area contributed by atoms with Crippen molar-refractivity contribution in [2.24, 2.45) is 0 Å². The normalized spacial score (nSPS) is 11.5. The van der Waals surface area contributed by atoms with Crippen molar-refractivity contribution in [3.05, 3.63) is 40.7 Å². The fourth-order valence-electron chi connectivity index (χ4n) is 2.17. The van der Waals surface area contributed by atoms with Crippen molar-refractivity contribution in [2.45, 2.75) is 26.8 Å². The maximum Gasteiger partial charge on any atom is 0.194 e. The molecule has 3 aromatic rings. The number of thiazole rings is 1. The molecule has 0 spiro atoms. The van der Waals surface area contributed by atoms with E-state index in [1.165, 1.54) is 10.6 Å². The number of imidazole rings is 2. The fourth-order valence-corrected chi connectivity index (χ4v) is 3.06. The molecular weight excluding hydrogens is 258 g/mol. The molecular formula is C13H17N5S. The molecule has 3 aromatic heterocycles. The minimum Gasteiger partial charge on any atom is -0.348 e. The highest BCUT2D eigenvalue weighted by molar-refractivity contribution is 7.17. The topological polar surface area (TPSA) is 58.0 Å². The molecule has 6 heteroatoms. The number of fused-ring (bicyclic) bond motifs is 1. The first-order valence-electron chi connectivity index (χ1n) is 6.36. The van der Waals surface area contributed by atoms with Crippen molar-refractivity contribution in [2.75, 3.05) is 6.54 Å². The van der Waals surface area contributed by atoms with Crippen LogP contribution in [0.5, 0.6) is 0 Å². The number of aromatic amines is 1. The van der Waals surface area contributed by atoms with E-state index < -0.39 is 0 Å². The lowest BCUT2D eigenvalue weighted by atomic mass is 10.3. The maximum absolute atomic E-state index is 4.59. The second-order valence-electron chi connectivity index (χ2n) is 4.64. The van der Waals surface area contributed by atoms with E-state index >= 15 is 0 Å². The number of H-pyrrole nitrogens is 1. The molecule has 3 heterocycles. The highest BCUT2D eigenvalue weighted by atomic mass is 32.1. The molecule has 5 nitrogen and oxygen atoms in total. The van der Waals surface area contributed by atoms with Crippen molar-refractivity contribution >= 4 is 16.3 Å². The van der Waals surface area contributed by atoms with Gasteiger partial charge >= 0.3 is 0 Å². The van der Waals surface area contributed by atoms with E-state index in [1.807, 2.05) is 6.20 Å². The number of nitrogens with one attached hydrogen (secondary N) is 2. The van der Waals surface area contributed by atoms with Crippen LogP contribution in [0.4, 0.5) is 0 Å².